The van der Waals surface area contributed by atoms with Crippen LogP contribution in [0.2, 0.25) is 5.02 Å². The van der Waals surface area contributed by atoms with Gasteiger partial charge in [0.25, 0.3) is 5.91 Å². The molecule has 2 heterocycles. The monoisotopic (exact) mass is 418 g/mol. The van der Waals surface area contributed by atoms with Gasteiger partial charge in [0, 0.05) is 30.0 Å². The number of aryl methyl sites for hydroxylation is 1. The van der Waals surface area contributed by atoms with Crippen molar-refractivity contribution in [1.82, 2.24) is 4.90 Å². The fourth-order valence-electron chi connectivity index (χ4n) is 3.30. The molecule has 2 aromatic carbocycles. The van der Waals surface area contributed by atoms with Crippen molar-refractivity contribution in [2.45, 2.75) is 11.8 Å². The van der Waals surface area contributed by atoms with E-state index in [0.29, 0.717) is 42.7 Å². The second kappa shape index (κ2) is 7.24. The molecular weight excluding hydrogens is 400 g/mol. The number of nitrogens with zero attached hydrogens (tertiary/aromatic N) is 2. The van der Waals surface area contributed by atoms with Gasteiger partial charge in [0.05, 0.1) is 23.8 Å². The van der Waals surface area contributed by atoms with Crippen molar-refractivity contribution < 1.29 is 17.9 Å². The number of ether oxygens (including phenoxy) is 1. The van der Waals surface area contributed by atoms with Crippen LogP contribution in [-0.2, 0) is 19.4 Å². The highest BCUT2D eigenvalue weighted by molar-refractivity contribution is 7.96. The van der Waals surface area contributed by atoms with Gasteiger partial charge in [-0.2, -0.15) is 0 Å². The lowest BCUT2D eigenvalue weighted by molar-refractivity contribution is -0.130. The predicted octanol–water partition coefficient (Wildman–Crippen LogP) is 3.27. The van der Waals surface area contributed by atoms with Crippen LogP contribution < -0.4 is 4.90 Å². The van der Waals surface area contributed by atoms with Gasteiger partial charge in [-0.15, -0.1) is 0 Å². The van der Waals surface area contributed by atoms with E-state index in [1.165, 1.54) is 17.2 Å². The number of hydrogen-bond donors (Lipinski definition) is 0. The second-order valence-corrected chi connectivity index (χ2v) is 8.97. The molecule has 0 radical (unpaired) electrons. The van der Waals surface area contributed by atoms with Crippen molar-refractivity contribution >= 4 is 38.7 Å². The summed E-state index contributed by atoms with van der Waals surface area (Å²) in [5.74, 6) is -0.513. The topological polar surface area (TPSA) is 66.9 Å². The Hall–Kier alpha value is -2.35. The number of benzene rings is 2. The molecule has 1 saturated heterocycles. The molecule has 0 aromatic heterocycles. The lowest BCUT2D eigenvalue weighted by atomic mass is 10.2. The van der Waals surface area contributed by atoms with E-state index in [1.54, 1.807) is 29.2 Å². The van der Waals surface area contributed by atoms with Crippen molar-refractivity contribution in [2.75, 3.05) is 31.2 Å². The molecule has 0 saturated carbocycles. The summed E-state index contributed by atoms with van der Waals surface area (Å²) in [6.45, 7) is 3.41. The molecule has 8 heteroatoms. The van der Waals surface area contributed by atoms with Crippen molar-refractivity contribution in [3.8, 4) is 0 Å². The number of morpholine rings is 1. The fraction of sp³-hybridized carbons (Fsp3) is 0.250. The molecule has 6 nitrogen and oxygen atoms in total. The van der Waals surface area contributed by atoms with Crippen LogP contribution in [0.5, 0.6) is 0 Å². The van der Waals surface area contributed by atoms with E-state index in [2.05, 4.69) is 0 Å². The van der Waals surface area contributed by atoms with Crippen molar-refractivity contribution in [3.63, 3.8) is 0 Å². The number of halogens is 1. The van der Waals surface area contributed by atoms with E-state index in [-0.39, 0.29) is 9.80 Å². The molecule has 0 aliphatic carbocycles. The maximum Gasteiger partial charge on any atom is 0.267 e. The van der Waals surface area contributed by atoms with E-state index in [0.717, 1.165) is 5.56 Å². The third-order valence-corrected chi connectivity index (χ3v) is 7.08. The summed E-state index contributed by atoms with van der Waals surface area (Å²) in [6, 6.07) is 12.1. The molecule has 28 heavy (non-hydrogen) atoms. The summed E-state index contributed by atoms with van der Waals surface area (Å²) in [5.41, 5.74) is 2.09. The van der Waals surface area contributed by atoms with Crippen LogP contribution in [0.1, 0.15) is 5.56 Å². The standard InChI is InChI=1S/C20H19ClN2O4S/c1-14-6-7-15(12-16(14)21)23-13-19(20(24)22-8-10-27-11-9-22)28(25,26)18-5-3-2-4-17(18)23/h2-7,12-13H,8-11H2,1H3. The zero-order valence-corrected chi connectivity index (χ0v) is 16.8. The van der Waals surface area contributed by atoms with Crippen molar-refractivity contribution in [3.05, 3.63) is 64.2 Å². The first-order valence-corrected chi connectivity index (χ1v) is 10.7. The van der Waals surface area contributed by atoms with Gasteiger partial charge in [-0.25, -0.2) is 8.42 Å². The number of rotatable bonds is 2. The molecule has 0 unspecified atom stereocenters. The summed E-state index contributed by atoms with van der Waals surface area (Å²) in [6.07, 6.45) is 1.40. The van der Waals surface area contributed by atoms with E-state index in [9.17, 15) is 13.2 Å². The summed E-state index contributed by atoms with van der Waals surface area (Å²) in [5, 5.41) is 0.567. The number of anilines is 2. The number of para-hydroxylation sites is 1. The average molecular weight is 419 g/mol. The number of carbonyl (C=O) groups is 1. The predicted molar refractivity (Wildman–Crippen MR) is 107 cm³/mol. The number of sulfone groups is 1. The Kier molecular flexibility index (Phi) is 4.91. The van der Waals surface area contributed by atoms with Crippen LogP contribution in [0.3, 0.4) is 0 Å². The Morgan fingerprint density at radius 3 is 2.54 bits per heavy atom. The maximum absolute atomic E-state index is 13.2. The number of fused-ring (bicyclic) bond motifs is 1. The molecule has 0 bridgehead atoms. The molecule has 146 valence electrons. The van der Waals surface area contributed by atoms with Gasteiger partial charge in [-0.1, -0.05) is 29.8 Å². The normalized spacial score (nSPS) is 18.4. The zero-order chi connectivity index (χ0) is 19.9. The highest BCUT2D eigenvalue weighted by atomic mass is 35.5. The molecule has 2 aliphatic rings. The molecule has 2 aliphatic heterocycles. The SMILES string of the molecule is Cc1ccc(N2C=C(C(=O)N3CCOCC3)S(=O)(=O)c3ccccc32)cc1Cl. The highest BCUT2D eigenvalue weighted by Gasteiger charge is 2.38. The first-order valence-electron chi connectivity index (χ1n) is 8.88. The van der Waals surface area contributed by atoms with Crippen LogP contribution in [0.15, 0.2) is 58.5 Å². The summed E-state index contributed by atoms with van der Waals surface area (Å²) >= 11 is 6.28. The third kappa shape index (κ3) is 3.19. The Balaban J connectivity index is 1.86. The number of amides is 1. The first kappa shape index (κ1) is 19.0. The second-order valence-electron chi connectivity index (χ2n) is 6.67. The maximum atomic E-state index is 13.2. The minimum absolute atomic E-state index is 0.103. The van der Waals surface area contributed by atoms with Crippen LogP contribution in [-0.4, -0.2) is 45.5 Å². The van der Waals surface area contributed by atoms with Gasteiger partial charge in [-0.05, 0) is 36.8 Å². The van der Waals surface area contributed by atoms with E-state index in [4.69, 9.17) is 16.3 Å². The molecule has 2 aromatic rings. The largest absolute Gasteiger partial charge is 0.378 e. The van der Waals surface area contributed by atoms with Crippen molar-refractivity contribution in [1.29, 1.82) is 0 Å². The smallest absolute Gasteiger partial charge is 0.267 e. The van der Waals surface area contributed by atoms with Crippen LogP contribution in [0, 0.1) is 6.92 Å². The van der Waals surface area contributed by atoms with E-state index >= 15 is 0 Å². The van der Waals surface area contributed by atoms with Crippen LogP contribution in [0.25, 0.3) is 0 Å². The van der Waals surface area contributed by atoms with Gasteiger partial charge >= 0.3 is 0 Å². The Bertz CT molecular complexity index is 1080. The number of carbonyl (C=O) groups excluding carboxylic acids is 1. The molecule has 4 rings (SSSR count). The summed E-state index contributed by atoms with van der Waals surface area (Å²) in [4.78, 5) is 16.1. The van der Waals surface area contributed by atoms with E-state index < -0.39 is 15.7 Å². The quantitative estimate of drug-likeness (QED) is 0.748. The van der Waals surface area contributed by atoms with Crippen LogP contribution >= 0.6 is 11.6 Å². The lowest BCUT2D eigenvalue weighted by Crippen LogP contribution is -2.43. The fourth-order valence-corrected chi connectivity index (χ4v) is 5.01. The zero-order valence-electron chi connectivity index (χ0n) is 15.3. The van der Waals surface area contributed by atoms with Gasteiger partial charge in [-0.3, -0.25) is 4.79 Å². The van der Waals surface area contributed by atoms with Gasteiger partial charge in [0.1, 0.15) is 0 Å². The Morgan fingerprint density at radius 1 is 1.11 bits per heavy atom. The number of hydrogen-bond acceptors (Lipinski definition) is 5. The Morgan fingerprint density at radius 2 is 1.82 bits per heavy atom. The molecule has 1 fully saturated rings. The highest BCUT2D eigenvalue weighted by Crippen LogP contribution is 2.40. The minimum Gasteiger partial charge on any atom is -0.378 e. The van der Waals surface area contributed by atoms with Gasteiger partial charge in [0.2, 0.25) is 9.84 Å². The average Bonchev–Trinajstić information content (AvgIpc) is 2.71. The van der Waals surface area contributed by atoms with E-state index in [1.807, 2.05) is 19.1 Å². The third-order valence-electron chi connectivity index (χ3n) is 4.89. The molecule has 0 atom stereocenters. The first-order chi connectivity index (χ1) is 13.4. The van der Waals surface area contributed by atoms with Crippen molar-refractivity contribution in [2.24, 2.45) is 0 Å². The molecular formula is C20H19ClN2O4S. The summed E-state index contributed by atoms with van der Waals surface area (Å²) in [7, 11) is -3.94. The van der Waals surface area contributed by atoms with Gasteiger partial charge in [0.15, 0.2) is 4.91 Å². The van der Waals surface area contributed by atoms with Gasteiger partial charge < -0.3 is 14.5 Å². The molecule has 0 N–H and O–H groups in total. The van der Waals surface area contributed by atoms with Crippen LogP contribution in [0.4, 0.5) is 11.4 Å². The minimum atomic E-state index is -3.94. The Labute approximate surface area is 168 Å². The lowest BCUT2D eigenvalue weighted by Gasteiger charge is -2.32. The molecule has 0 spiro atoms. The molecule has 1 amide bonds. The summed E-state index contributed by atoms with van der Waals surface area (Å²) < 4.78 is 31.6.